The van der Waals surface area contributed by atoms with E-state index in [9.17, 15) is 9.18 Å². The van der Waals surface area contributed by atoms with Gasteiger partial charge in [0.15, 0.2) is 5.82 Å². The highest BCUT2D eigenvalue weighted by molar-refractivity contribution is 5.94. The van der Waals surface area contributed by atoms with Crippen molar-refractivity contribution in [1.82, 2.24) is 0 Å². The lowest BCUT2D eigenvalue weighted by atomic mass is 9.97. The van der Waals surface area contributed by atoms with Crippen molar-refractivity contribution < 1.29 is 13.9 Å². The van der Waals surface area contributed by atoms with Gasteiger partial charge in [-0.1, -0.05) is 30.3 Å². The van der Waals surface area contributed by atoms with Gasteiger partial charge in [0.05, 0.1) is 24.0 Å². The quantitative estimate of drug-likeness (QED) is 0.665. The van der Waals surface area contributed by atoms with Crippen molar-refractivity contribution in [3.63, 3.8) is 0 Å². The van der Waals surface area contributed by atoms with Crippen LogP contribution in [0.2, 0.25) is 0 Å². The number of halogens is 1. The summed E-state index contributed by atoms with van der Waals surface area (Å²) in [5, 5.41) is 0. The maximum Gasteiger partial charge on any atom is 0.338 e. The molecule has 104 valence electrons. The normalized spacial score (nSPS) is 10.3. The van der Waals surface area contributed by atoms with E-state index in [1.807, 2.05) is 30.3 Å². The molecule has 0 saturated carbocycles. The monoisotopic (exact) mass is 274 g/mol. The molecule has 0 saturated heterocycles. The average Bonchev–Trinajstić information content (AvgIpc) is 2.48. The van der Waals surface area contributed by atoms with Crippen LogP contribution in [0.4, 0.5) is 15.8 Å². The third-order valence-corrected chi connectivity index (χ3v) is 3.07. The van der Waals surface area contributed by atoms with Gasteiger partial charge in [0.1, 0.15) is 0 Å². The number of carbonyl (C=O) groups excluding carboxylic acids is 1. The third kappa shape index (κ3) is 2.56. The molecule has 0 aliphatic heterocycles. The first kappa shape index (κ1) is 13.9. The molecule has 0 fully saturated rings. The van der Waals surface area contributed by atoms with Crippen LogP contribution in [-0.4, -0.2) is 13.1 Å². The van der Waals surface area contributed by atoms with E-state index in [0.717, 1.165) is 5.56 Å². The molecule has 5 heteroatoms. The molecule has 2 aromatic carbocycles. The fourth-order valence-electron chi connectivity index (χ4n) is 1.99. The van der Waals surface area contributed by atoms with E-state index in [1.165, 1.54) is 13.2 Å². The number of hydrogen-bond donors (Lipinski definition) is 2. The first-order valence-corrected chi connectivity index (χ1v) is 6.03. The van der Waals surface area contributed by atoms with Crippen LogP contribution in [0.15, 0.2) is 36.4 Å². The van der Waals surface area contributed by atoms with E-state index in [-0.39, 0.29) is 28.9 Å². The van der Waals surface area contributed by atoms with Crippen molar-refractivity contribution >= 4 is 17.3 Å². The van der Waals surface area contributed by atoms with E-state index < -0.39 is 11.8 Å². The van der Waals surface area contributed by atoms with Gasteiger partial charge in [0.2, 0.25) is 0 Å². The van der Waals surface area contributed by atoms with Gasteiger partial charge in [-0.15, -0.1) is 0 Å². The summed E-state index contributed by atoms with van der Waals surface area (Å²) in [4.78, 5) is 11.8. The fourth-order valence-corrected chi connectivity index (χ4v) is 1.99. The van der Waals surface area contributed by atoms with Gasteiger partial charge in [-0.05, 0) is 11.6 Å². The zero-order valence-electron chi connectivity index (χ0n) is 11.0. The predicted octanol–water partition coefficient (Wildman–Crippen LogP) is 2.37. The second-order valence-corrected chi connectivity index (χ2v) is 4.37. The Hall–Kier alpha value is -2.56. The minimum atomic E-state index is -0.672. The number of ether oxygens (including phenoxy) is 1. The summed E-state index contributed by atoms with van der Waals surface area (Å²) in [7, 11) is 1.24. The molecule has 0 aromatic heterocycles. The van der Waals surface area contributed by atoms with E-state index in [2.05, 4.69) is 4.74 Å². The van der Waals surface area contributed by atoms with Crippen molar-refractivity contribution in [3.05, 3.63) is 58.9 Å². The average molecular weight is 274 g/mol. The van der Waals surface area contributed by atoms with Crippen LogP contribution in [0.5, 0.6) is 0 Å². The number of methoxy groups -OCH3 is 1. The summed E-state index contributed by atoms with van der Waals surface area (Å²) >= 11 is 0. The molecule has 0 amide bonds. The van der Waals surface area contributed by atoms with Crippen molar-refractivity contribution in [2.24, 2.45) is 0 Å². The largest absolute Gasteiger partial charge is 0.465 e. The Morgan fingerprint density at radius 1 is 1.25 bits per heavy atom. The minimum Gasteiger partial charge on any atom is -0.465 e. The lowest BCUT2D eigenvalue weighted by molar-refractivity contribution is 0.0599. The first-order chi connectivity index (χ1) is 9.54. The Bertz CT molecular complexity index is 642. The van der Waals surface area contributed by atoms with E-state index in [4.69, 9.17) is 11.5 Å². The molecule has 4 N–H and O–H groups in total. The fraction of sp³-hybridized carbons (Fsp3) is 0.133. The number of carbonyl (C=O) groups is 1. The number of nitrogens with two attached hydrogens (primary N) is 2. The molecule has 0 aliphatic rings. The summed E-state index contributed by atoms with van der Waals surface area (Å²) in [5.41, 5.74) is 12.2. The number of hydrogen-bond acceptors (Lipinski definition) is 4. The molecular formula is C15H15FN2O2. The second-order valence-electron chi connectivity index (χ2n) is 4.37. The highest BCUT2D eigenvalue weighted by Gasteiger charge is 2.20. The van der Waals surface area contributed by atoms with Gasteiger partial charge >= 0.3 is 5.97 Å². The maximum absolute atomic E-state index is 14.3. The van der Waals surface area contributed by atoms with E-state index >= 15 is 0 Å². The number of benzene rings is 2. The third-order valence-electron chi connectivity index (χ3n) is 3.07. The van der Waals surface area contributed by atoms with Gasteiger partial charge < -0.3 is 16.2 Å². The van der Waals surface area contributed by atoms with Crippen LogP contribution >= 0.6 is 0 Å². The molecule has 2 aromatic rings. The Labute approximate surface area is 116 Å². The first-order valence-electron chi connectivity index (χ1n) is 6.03. The smallest absolute Gasteiger partial charge is 0.338 e. The topological polar surface area (TPSA) is 78.3 Å². The van der Waals surface area contributed by atoms with Crippen LogP contribution in [-0.2, 0) is 11.2 Å². The molecule has 20 heavy (non-hydrogen) atoms. The van der Waals surface area contributed by atoms with Crippen molar-refractivity contribution in [3.8, 4) is 0 Å². The highest BCUT2D eigenvalue weighted by atomic mass is 19.1. The molecule has 0 radical (unpaired) electrons. The Morgan fingerprint density at radius 3 is 2.50 bits per heavy atom. The molecular weight excluding hydrogens is 259 g/mol. The van der Waals surface area contributed by atoms with Gasteiger partial charge in [-0.3, -0.25) is 0 Å². The standard InChI is InChI=1S/C15H15FN2O2/c1-20-15(19)11-8-12(17)14(18)13(16)10(11)7-9-5-3-2-4-6-9/h2-6,8H,7,17-18H2,1H3. The lowest BCUT2D eigenvalue weighted by Crippen LogP contribution is -2.12. The number of rotatable bonds is 3. The summed E-state index contributed by atoms with van der Waals surface area (Å²) in [5.74, 6) is -1.31. The molecule has 0 bridgehead atoms. The van der Waals surface area contributed by atoms with E-state index in [0.29, 0.717) is 0 Å². The zero-order valence-corrected chi connectivity index (χ0v) is 11.0. The molecule has 4 nitrogen and oxygen atoms in total. The molecule has 0 heterocycles. The predicted molar refractivity (Wildman–Crippen MR) is 75.8 cm³/mol. The van der Waals surface area contributed by atoms with Crippen LogP contribution in [0, 0.1) is 5.82 Å². The van der Waals surface area contributed by atoms with Gasteiger partial charge in [-0.2, -0.15) is 0 Å². The van der Waals surface area contributed by atoms with Crippen molar-refractivity contribution in [2.75, 3.05) is 18.6 Å². The summed E-state index contributed by atoms with van der Waals surface area (Å²) in [6.45, 7) is 0. The molecule has 2 rings (SSSR count). The Morgan fingerprint density at radius 2 is 1.90 bits per heavy atom. The van der Waals surface area contributed by atoms with Crippen molar-refractivity contribution in [1.29, 1.82) is 0 Å². The Kier molecular flexibility index (Phi) is 3.89. The van der Waals surface area contributed by atoms with E-state index in [1.54, 1.807) is 0 Å². The molecule has 0 atom stereocenters. The SMILES string of the molecule is COC(=O)c1cc(N)c(N)c(F)c1Cc1ccccc1. The van der Waals surface area contributed by atoms with Gasteiger partial charge in [0.25, 0.3) is 0 Å². The molecule has 0 spiro atoms. The summed E-state index contributed by atoms with van der Waals surface area (Å²) < 4.78 is 19.0. The number of nitrogen functional groups attached to an aromatic ring is 2. The van der Waals surface area contributed by atoms with Crippen LogP contribution in [0.1, 0.15) is 21.5 Å². The number of esters is 1. The van der Waals surface area contributed by atoms with Gasteiger partial charge in [0, 0.05) is 12.0 Å². The van der Waals surface area contributed by atoms with Crippen LogP contribution in [0.25, 0.3) is 0 Å². The Balaban J connectivity index is 2.55. The highest BCUT2D eigenvalue weighted by Crippen LogP contribution is 2.28. The molecule has 0 aliphatic carbocycles. The lowest BCUT2D eigenvalue weighted by Gasteiger charge is -2.13. The summed E-state index contributed by atoms with van der Waals surface area (Å²) in [6.07, 6.45) is 0.238. The second kappa shape index (κ2) is 5.61. The van der Waals surface area contributed by atoms with Crippen molar-refractivity contribution in [2.45, 2.75) is 6.42 Å². The number of anilines is 2. The molecule has 0 unspecified atom stereocenters. The summed E-state index contributed by atoms with van der Waals surface area (Å²) in [6, 6.07) is 10.6. The van der Waals surface area contributed by atoms with Crippen LogP contribution in [0.3, 0.4) is 0 Å². The van der Waals surface area contributed by atoms with Gasteiger partial charge in [-0.25, -0.2) is 9.18 Å². The minimum absolute atomic E-state index is 0.0275. The van der Waals surface area contributed by atoms with Crippen LogP contribution < -0.4 is 11.5 Å². The maximum atomic E-state index is 14.3. The zero-order chi connectivity index (χ0) is 14.7.